The van der Waals surface area contributed by atoms with Gasteiger partial charge in [0.05, 0.1) is 5.69 Å². The smallest absolute Gasteiger partial charge is 0.234 e. The van der Waals surface area contributed by atoms with Crippen LogP contribution < -0.4 is 4.90 Å². The van der Waals surface area contributed by atoms with Crippen molar-refractivity contribution in [2.45, 2.75) is 19.8 Å². The van der Waals surface area contributed by atoms with E-state index in [1.807, 2.05) is 37.3 Å². The Morgan fingerprint density at radius 1 is 1.00 bits per heavy atom. The number of oxazole rings is 1. The van der Waals surface area contributed by atoms with Gasteiger partial charge < -0.3 is 4.42 Å². The molecule has 0 N–H and O–H groups in total. The number of imide groups is 1. The van der Waals surface area contributed by atoms with Crippen LogP contribution in [0.2, 0.25) is 0 Å². The molecule has 0 unspecified atom stereocenters. The number of amides is 2. The number of fused-ring (bicyclic) bond motifs is 1. The molecule has 2 aromatic carbocycles. The third-order valence-electron chi connectivity index (χ3n) is 3.97. The lowest BCUT2D eigenvalue weighted by Crippen LogP contribution is -2.28. The Bertz CT molecular complexity index is 909. The molecule has 0 aliphatic carbocycles. The van der Waals surface area contributed by atoms with Crippen molar-refractivity contribution in [3.05, 3.63) is 48.0 Å². The molecule has 1 aliphatic heterocycles. The lowest BCUT2D eigenvalue weighted by atomic mass is 10.2. The number of nitrogens with zero attached hydrogens (tertiary/aromatic N) is 2. The minimum absolute atomic E-state index is 0.153. The molecule has 1 aliphatic rings. The molecule has 0 saturated carbocycles. The Hall–Kier alpha value is -2.95. The van der Waals surface area contributed by atoms with E-state index in [1.165, 1.54) is 4.90 Å². The van der Waals surface area contributed by atoms with Crippen molar-refractivity contribution in [3.63, 3.8) is 0 Å². The van der Waals surface area contributed by atoms with E-state index in [0.29, 0.717) is 11.6 Å². The van der Waals surface area contributed by atoms with E-state index < -0.39 is 0 Å². The van der Waals surface area contributed by atoms with E-state index in [2.05, 4.69) is 4.98 Å². The maximum absolute atomic E-state index is 11.8. The molecule has 5 nitrogen and oxygen atoms in total. The Morgan fingerprint density at radius 3 is 2.39 bits per heavy atom. The number of hydrogen-bond donors (Lipinski definition) is 0. The fourth-order valence-electron chi connectivity index (χ4n) is 2.77. The third-order valence-corrected chi connectivity index (χ3v) is 3.97. The lowest BCUT2D eigenvalue weighted by molar-refractivity contribution is -0.121. The monoisotopic (exact) mass is 306 g/mol. The van der Waals surface area contributed by atoms with Gasteiger partial charge in [-0.1, -0.05) is 6.07 Å². The summed E-state index contributed by atoms with van der Waals surface area (Å²) in [5.74, 6) is 0.219. The van der Waals surface area contributed by atoms with Crippen LogP contribution in [0.3, 0.4) is 0 Å². The summed E-state index contributed by atoms with van der Waals surface area (Å²) < 4.78 is 5.78. The first-order valence-electron chi connectivity index (χ1n) is 7.45. The summed E-state index contributed by atoms with van der Waals surface area (Å²) in [6.45, 7) is 2.00. The largest absolute Gasteiger partial charge is 0.436 e. The van der Waals surface area contributed by atoms with Crippen molar-refractivity contribution in [2.24, 2.45) is 0 Å². The molecule has 0 spiro atoms. The van der Waals surface area contributed by atoms with Gasteiger partial charge in [-0.2, -0.15) is 0 Å². The number of rotatable bonds is 2. The number of benzene rings is 2. The Balaban J connectivity index is 1.69. The summed E-state index contributed by atoms with van der Waals surface area (Å²) in [7, 11) is 0. The van der Waals surface area contributed by atoms with Crippen LogP contribution in [0, 0.1) is 6.92 Å². The van der Waals surface area contributed by atoms with Gasteiger partial charge in [0, 0.05) is 18.4 Å². The standard InChI is InChI=1S/C18H14N2O3/c1-11-2-7-14-15(10-11)23-18(19-14)12-3-5-13(6-4-12)20-16(21)8-9-17(20)22/h2-7,10H,8-9H2,1H3. The van der Waals surface area contributed by atoms with E-state index in [4.69, 9.17) is 4.42 Å². The average Bonchev–Trinajstić information content (AvgIpc) is 3.10. The van der Waals surface area contributed by atoms with Crippen molar-refractivity contribution in [1.29, 1.82) is 0 Å². The van der Waals surface area contributed by atoms with E-state index in [9.17, 15) is 9.59 Å². The molecule has 1 aromatic heterocycles. The molecule has 5 heteroatoms. The van der Waals surface area contributed by atoms with Gasteiger partial charge in [-0.3, -0.25) is 14.5 Å². The molecule has 0 bridgehead atoms. The van der Waals surface area contributed by atoms with Gasteiger partial charge >= 0.3 is 0 Å². The summed E-state index contributed by atoms with van der Waals surface area (Å²) in [4.78, 5) is 29.2. The molecular formula is C18H14N2O3. The molecule has 3 aromatic rings. The van der Waals surface area contributed by atoms with E-state index in [-0.39, 0.29) is 24.7 Å². The zero-order valence-electron chi connectivity index (χ0n) is 12.6. The average molecular weight is 306 g/mol. The van der Waals surface area contributed by atoms with E-state index in [1.54, 1.807) is 12.1 Å². The molecule has 0 radical (unpaired) electrons. The highest BCUT2D eigenvalue weighted by Crippen LogP contribution is 2.28. The normalized spacial score (nSPS) is 14.9. The van der Waals surface area contributed by atoms with Crippen molar-refractivity contribution in [2.75, 3.05) is 4.90 Å². The fourth-order valence-corrected chi connectivity index (χ4v) is 2.77. The van der Waals surface area contributed by atoms with Crippen LogP contribution in [0.4, 0.5) is 5.69 Å². The predicted molar refractivity (Wildman–Crippen MR) is 85.9 cm³/mol. The second-order valence-corrected chi connectivity index (χ2v) is 5.66. The van der Waals surface area contributed by atoms with Crippen LogP contribution in [0.25, 0.3) is 22.6 Å². The van der Waals surface area contributed by atoms with Crippen molar-refractivity contribution >= 4 is 28.6 Å². The topological polar surface area (TPSA) is 63.4 Å². The van der Waals surface area contributed by atoms with Gasteiger partial charge in [-0.25, -0.2) is 4.98 Å². The van der Waals surface area contributed by atoms with Gasteiger partial charge in [0.1, 0.15) is 5.52 Å². The summed E-state index contributed by atoms with van der Waals surface area (Å²) in [5, 5.41) is 0. The molecule has 0 atom stereocenters. The van der Waals surface area contributed by atoms with Crippen molar-refractivity contribution in [1.82, 2.24) is 4.98 Å². The van der Waals surface area contributed by atoms with Crippen LogP contribution in [-0.2, 0) is 9.59 Å². The van der Waals surface area contributed by atoms with Crippen LogP contribution >= 0.6 is 0 Å². The number of hydrogen-bond acceptors (Lipinski definition) is 4. The Kier molecular flexibility index (Phi) is 3.01. The molecule has 114 valence electrons. The quantitative estimate of drug-likeness (QED) is 0.680. The molecule has 1 fully saturated rings. The number of aromatic nitrogens is 1. The molecular weight excluding hydrogens is 292 g/mol. The third kappa shape index (κ3) is 2.30. The van der Waals surface area contributed by atoms with Gasteiger partial charge in [-0.15, -0.1) is 0 Å². The summed E-state index contributed by atoms with van der Waals surface area (Å²) >= 11 is 0. The van der Waals surface area contributed by atoms with E-state index in [0.717, 1.165) is 22.2 Å². The Morgan fingerprint density at radius 2 is 1.70 bits per heavy atom. The van der Waals surface area contributed by atoms with Crippen molar-refractivity contribution in [3.8, 4) is 11.5 Å². The van der Waals surface area contributed by atoms with Crippen LogP contribution in [0.15, 0.2) is 46.9 Å². The summed E-state index contributed by atoms with van der Waals surface area (Å²) in [6.07, 6.45) is 0.566. The summed E-state index contributed by atoms with van der Waals surface area (Å²) in [5.41, 5.74) is 4.06. The van der Waals surface area contributed by atoms with Gasteiger partial charge in [0.25, 0.3) is 0 Å². The van der Waals surface area contributed by atoms with Crippen LogP contribution in [-0.4, -0.2) is 16.8 Å². The minimum Gasteiger partial charge on any atom is -0.436 e. The van der Waals surface area contributed by atoms with Crippen LogP contribution in [0.5, 0.6) is 0 Å². The van der Waals surface area contributed by atoms with E-state index >= 15 is 0 Å². The predicted octanol–water partition coefficient (Wildman–Crippen LogP) is 3.46. The highest BCUT2D eigenvalue weighted by Gasteiger charge is 2.30. The number of carbonyl (C=O) groups is 2. The molecule has 2 heterocycles. The first-order valence-corrected chi connectivity index (χ1v) is 7.45. The molecule has 23 heavy (non-hydrogen) atoms. The molecule has 2 amide bonds. The SMILES string of the molecule is Cc1ccc2nc(-c3ccc(N4C(=O)CCC4=O)cc3)oc2c1. The second kappa shape index (κ2) is 5.05. The van der Waals surface area contributed by atoms with Gasteiger partial charge in [0.2, 0.25) is 17.7 Å². The van der Waals surface area contributed by atoms with Crippen LogP contribution in [0.1, 0.15) is 18.4 Å². The lowest BCUT2D eigenvalue weighted by Gasteiger charge is -2.13. The highest BCUT2D eigenvalue weighted by atomic mass is 16.3. The fraction of sp³-hybridized carbons (Fsp3) is 0.167. The number of carbonyl (C=O) groups excluding carboxylic acids is 2. The van der Waals surface area contributed by atoms with Gasteiger partial charge in [-0.05, 0) is 48.9 Å². The first kappa shape index (κ1) is 13.7. The van der Waals surface area contributed by atoms with Gasteiger partial charge in [0.15, 0.2) is 5.58 Å². The second-order valence-electron chi connectivity index (χ2n) is 5.66. The summed E-state index contributed by atoms with van der Waals surface area (Å²) in [6, 6.07) is 13.0. The molecule has 1 saturated heterocycles. The Labute approximate surface area is 132 Å². The highest BCUT2D eigenvalue weighted by molar-refractivity contribution is 6.19. The minimum atomic E-state index is -0.153. The zero-order valence-corrected chi connectivity index (χ0v) is 12.6. The zero-order chi connectivity index (χ0) is 16.0. The van der Waals surface area contributed by atoms with Crippen molar-refractivity contribution < 1.29 is 14.0 Å². The number of aryl methyl sites for hydroxylation is 1. The number of anilines is 1. The maximum Gasteiger partial charge on any atom is 0.234 e. The first-order chi connectivity index (χ1) is 11.1. The maximum atomic E-state index is 11.8. The molecule has 4 rings (SSSR count).